The number of allylic oxidation sites excluding steroid dienone is 1. The van der Waals surface area contributed by atoms with Crippen LogP contribution in [0, 0.1) is 5.92 Å². The first-order chi connectivity index (χ1) is 11.5. The van der Waals surface area contributed by atoms with Gasteiger partial charge < -0.3 is 5.32 Å². The highest BCUT2D eigenvalue weighted by Gasteiger charge is 2.23. The number of sulfone groups is 1. The first-order valence-corrected chi connectivity index (χ1v) is 9.45. The summed E-state index contributed by atoms with van der Waals surface area (Å²) in [5.74, 6) is -0.358. The molecule has 1 aromatic heterocycles. The van der Waals surface area contributed by atoms with E-state index in [2.05, 4.69) is 10.4 Å². The summed E-state index contributed by atoms with van der Waals surface area (Å²) in [6.45, 7) is 1.07. The molecule has 2 heterocycles. The van der Waals surface area contributed by atoms with Gasteiger partial charge in [-0.05, 0) is 5.56 Å². The summed E-state index contributed by atoms with van der Waals surface area (Å²) in [4.78, 5) is 11.9. The van der Waals surface area contributed by atoms with Crippen LogP contribution in [0.1, 0.15) is 17.5 Å². The van der Waals surface area contributed by atoms with Gasteiger partial charge in [-0.25, -0.2) is 8.42 Å². The smallest absolute Gasteiger partial charge is 0.220 e. The Bertz CT molecular complexity index is 841. The van der Waals surface area contributed by atoms with Crippen molar-refractivity contribution in [3.8, 4) is 0 Å². The predicted octanol–water partition coefficient (Wildman–Crippen LogP) is 1.50. The first kappa shape index (κ1) is 16.4. The van der Waals surface area contributed by atoms with E-state index in [4.69, 9.17) is 0 Å². The van der Waals surface area contributed by atoms with E-state index in [0.717, 1.165) is 11.1 Å². The van der Waals surface area contributed by atoms with Gasteiger partial charge in [0.1, 0.15) is 0 Å². The van der Waals surface area contributed by atoms with Crippen molar-refractivity contribution in [3.05, 3.63) is 65.3 Å². The van der Waals surface area contributed by atoms with Crippen LogP contribution in [0.15, 0.2) is 54.2 Å². The molecule has 1 aliphatic heterocycles. The lowest BCUT2D eigenvalue weighted by Crippen LogP contribution is -2.25. The molecule has 1 N–H and O–H groups in total. The summed E-state index contributed by atoms with van der Waals surface area (Å²) in [5, 5.41) is 8.29. The van der Waals surface area contributed by atoms with E-state index in [1.54, 1.807) is 12.3 Å². The van der Waals surface area contributed by atoms with Crippen molar-refractivity contribution in [1.29, 1.82) is 0 Å². The second kappa shape index (κ2) is 7.00. The number of rotatable bonds is 6. The summed E-state index contributed by atoms with van der Waals surface area (Å²) in [6, 6.07) is 10.0. The number of amides is 1. The van der Waals surface area contributed by atoms with Gasteiger partial charge in [-0.1, -0.05) is 36.4 Å². The number of aromatic nitrogens is 2. The van der Waals surface area contributed by atoms with Gasteiger partial charge in [-0.2, -0.15) is 5.10 Å². The third-order valence-electron chi connectivity index (χ3n) is 3.82. The molecule has 1 aliphatic rings. The second-order valence-corrected chi connectivity index (χ2v) is 7.86. The molecule has 0 saturated heterocycles. The highest BCUT2D eigenvalue weighted by atomic mass is 32.2. The fraction of sp³-hybridized carbons (Fsp3) is 0.294. The zero-order valence-corrected chi connectivity index (χ0v) is 13.9. The SMILES string of the molecule is O=C(C[C@H]1C=CS(=O)(=O)C1)NCc1cnn(Cc2ccccc2)c1. The molecule has 0 saturated carbocycles. The average molecular weight is 345 g/mol. The topological polar surface area (TPSA) is 81.1 Å². The summed E-state index contributed by atoms with van der Waals surface area (Å²) in [7, 11) is -3.11. The maximum absolute atomic E-state index is 11.9. The van der Waals surface area contributed by atoms with Gasteiger partial charge in [0.25, 0.3) is 0 Å². The Labute approximate surface area is 141 Å². The Hall–Kier alpha value is -2.41. The molecule has 0 aliphatic carbocycles. The lowest BCUT2D eigenvalue weighted by atomic mass is 10.1. The Morgan fingerprint density at radius 1 is 1.25 bits per heavy atom. The molecule has 126 valence electrons. The second-order valence-electron chi connectivity index (χ2n) is 5.93. The predicted molar refractivity (Wildman–Crippen MR) is 90.7 cm³/mol. The van der Waals surface area contributed by atoms with Crippen LogP contribution in [0.3, 0.4) is 0 Å². The fourth-order valence-electron chi connectivity index (χ4n) is 2.63. The summed E-state index contributed by atoms with van der Waals surface area (Å²) in [5.41, 5.74) is 2.07. The van der Waals surface area contributed by atoms with Gasteiger partial charge in [0.05, 0.1) is 18.5 Å². The minimum atomic E-state index is -3.11. The van der Waals surface area contributed by atoms with Crippen LogP contribution in [0.2, 0.25) is 0 Å². The van der Waals surface area contributed by atoms with Crippen molar-refractivity contribution in [2.75, 3.05) is 5.75 Å². The van der Waals surface area contributed by atoms with Gasteiger partial charge in [0.15, 0.2) is 9.84 Å². The van der Waals surface area contributed by atoms with E-state index >= 15 is 0 Å². The van der Waals surface area contributed by atoms with Gasteiger partial charge in [-0.15, -0.1) is 0 Å². The molecule has 1 atom stereocenters. The van der Waals surface area contributed by atoms with Crippen molar-refractivity contribution in [2.24, 2.45) is 5.92 Å². The van der Waals surface area contributed by atoms with E-state index in [9.17, 15) is 13.2 Å². The van der Waals surface area contributed by atoms with E-state index in [-0.39, 0.29) is 24.0 Å². The highest BCUT2D eigenvalue weighted by Crippen LogP contribution is 2.18. The van der Waals surface area contributed by atoms with Gasteiger partial charge >= 0.3 is 0 Å². The standard InChI is InChI=1S/C17H19N3O3S/c21-17(8-15-6-7-24(22,23)13-15)18-9-16-10-19-20(12-16)11-14-4-2-1-3-5-14/h1-7,10,12,15H,8-9,11,13H2,(H,18,21)/t15-/m1/s1. The van der Waals surface area contributed by atoms with E-state index in [1.165, 1.54) is 5.41 Å². The molecular formula is C17H19N3O3S. The first-order valence-electron chi connectivity index (χ1n) is 7.73. The zero-order chi connectivity index (χ0) is 17.0. The lowest BCUT2D eigenvalue weighted by molar-refractivity contribution is -0.121. The third-order valence-corrected chi connectivity index (χ3v) is 5.28. The quantitative estimate of drug-likeness (QED) is 0.860. The normalized spacial score (nSPS) is 18.6. The number of hydrogen-bond donors (Lipinski definition) is 1. The van der Waals surface area contributed by atoms with E-state index in [0.29, 0.717) is 13.1 Å². The molecule has 0 bridgehead atoms. The van der Waals surface area contributed by atoms with Gasteiger partial charge in [0.2, 0.25) is 5.91 Å². The highest BCUT2D eigenvalue weighted by molar-refractivity contribution is 7.94. The maximum atomic E-state index is 11.9. The number of carbonyl (C=O) groups is 1. The van der Waals surface area contributed by atoms with Crippen LogP contribution >= 0.6 is 0 Å². The molecule has 1 amide bonds. The van der Waals surface area contributed by atoms with Gasteiger partial charge in [0, 0.05) is 36.1 Å². The Kier molecular flexibility index (Phi) is 4.80. The van der Waals surface area contributed by atoms with Crippen molar-refractivity contribution in [1.82, 2.24) is 15.1 Å². The third kappa shape index (κ3) is 4.55. The van der Waals surface area contributed by atoms with Crippen LogP contribution in [-0.4, -0.2) is 29.9 Å². The van der Waals surface area contributed by atoms with Crippen molar-refractivity contribution < 1.29 is 13.2 Å². The monoisotopic (exact) mass is 345 g/mol. The molecule has 24 heavy (non-hydrogen) atoms. The number of hydrogen-bond acceptors (Lipinski definition) is 4. The number of carbonyl (C=O) groups excluding carboxylic acids is 1. The maximum Gasteiger partial charge on any atom is 0.220 e. The van der Waals surface area contributed by atoms with E-state index in [1.807, 2.05) is 41.2 Å². The van der Waals surface area contributed by atoms with Crippen LogP contribution < -0.4 is 5.32 Å². The van der Waals surface area contributed by atoms with Crippen molar-refractivity contribution in [2.45, 2.75) is 19.5 Å². The fourth-order valence-corrected chi connectivity index (χ4v) is 4.03. The van der Waals surface area contributed by atoms with E-state index < -0.39 is 9.84 Å². The van der Waals surface area contributed by atoms with Crippen LogP contribution in [0.4, 0.5) is 0 Å². The van der Waals surface area contributed by atoms with Crippen molar-refractivity contribution >= 4 is 15.7 Å². The lowest BCUT2D eigenvalue weighted by Gasteiger charge is -2.07. The largest absolute Gasteiger partial charge is 0.352 e. The molecule has 3 rings (SSSR count). The average Bonchev–Trinajstić information content (AvgIpc) is 3.12. The molecule has 0 fully saturated rings. The summed E-state index contributed by atoms with van der Waals surface area (Å²) < 4.78 is 24.5. The molecule has 7 heteroatoms. The summed E-state index contributed by atoms with van der Waals surface area (Å²) >= 11 is 0. The molecule has 0 radical (unpaired) electrons. The molecule has 2 aromatic rings. The Balaban J connectivity index is 1.47. The molecule has 0 spiro atoms. The molecular weight excluding hydrogens is 326 g/mol. The Morgan fingerprint density at radius 2 is 2.04 bits per heavy atom. The molecule has 0 unspecified atom stereocenters. The number of nitrogens with one attached hydrogen (secondary N) is 1. The molecule has 1 aromatic carbocycles. The Morgan fingerprint density at radius 3 is 2.75 bits per heavy atom. The zero-order valence-electron chi connectivity index (χ0n) is 13.1. The minimum absolute atomic E-state index is 0.0232. The number of nitrogens with zero attached hydrogens (tertiary/aromatic N) is 2. The van der Waals surface area contributed by atoms with Crippen LogP contribution in [-0.2, 0) is 27.7 Å². The minimum Gasteiger partial charge on any atom is -0.352 e. The van der Waals surface area contributed by atoms with Crippen molar-refractivity contribution in [3.63, 3.8) is 0 Å². The van der Waals surface area contributed by atoms with Crippen LogP contribution in [0.25, 0.3) is 0 Å². The van der Waals surface area contributed by atoms with Crippen LogP contribution in [0.5, 0.6) is 0 Å². The molecule has 6 nitrogen and oxygen atoms in total. The number of benzene rings is 1. The van der Waals surface area contributed by atoms with Gasteiger partial charge in [-0.3, -0.25) is 9.48 Å². The summed E-state index contributed by atoms with van der Waals surface area (Å²) in [6.07, 6.45) is 5.40.